The largest absolute Gasteiger partial charge is 0.249 e. The van der Waals surface area contributed by atoms with Crippen molar-refractivity contribution < 1.29 is 30.4 Å². The Morgan fingerprint density at radius 3 is 2.00 bits per heavy atom. The van der Waals surface area contributed by atoms with Crippen LogP contribution in [-0.2, 0) is 10.0 Å². The van der Waals surface area contributed by atoms with Crippen LogP contribution in [0, 0.1) is 29.1 Å². The molecule has 2 aromatic rings. The molecule has 27 heavy (non-hydrogen) atoms. The van der Waals surface area contributed by atoms with Gasteiger partial charge in [0.05, 0.1) is 6.04 Å². The van der Waals surface area contributed by atoms with Gasteiger partial charge < -0.3 is 0 Å². The molecule has 1 aliphatic rings. The van der Waals surface area contributed by atoms with Crippen LogP contribution in [0.25, 0.3) is 0 Å². The zero-order valence-corrected chi connectivity index (χ0v) is 15.6. The minimum absolute atomic E-state index is 0.129. The number of halogens is 5. The first-order chi connectivity index (χ1) is 12.7. The van der Waals surface area contributed by atoms with Crippen molar-refractivity contribution in [3.05, 3.63) is 65.0 Å². The Bertz CT molecular complexity index is 940. The lowest BCUT2D eigenvalue weighted by Gasteiger charge is -2.39. The highest BCUT2D eigenvalue weighted by atomic mass is 32.2. The van der Waals surface area contributed by atoms with Crippen molar-refractivity contribution in [1.29, 1.82) is 0 Å². The summed E-state index contributed by atoms with van der Waals surface area (Å²) in [7, 11) is -4.99. The van der Waals surface area contributed by atoms with Gasteiger partial charge in [-0.15, -0.1) is 0 Å². The fourth-order valence-corrected chi connectivity index (χ4v) is 6.23. The summed E-state index contributed by atoms with van der Waals surface area (Å²) >= 11 is 1.45. The van der Waals surface area contributed by atoms with Gasteiger partial charge in [-0.2, -0.15) is 16.1 Å². The SMILES string of the molecule is CC1SCCN(S(=O)(=O)c2c(F)c(F)c(F)c(F)c2F)C1c1ccccc1. The van der Waals surface area contributed by atoms with E-state index in [0.717, 1.165) is 4.31 Å². The van der Waals surface area contributed by atoms with Crippen molar-refractivity contribution in [2.75, 3.05) is 12.3 Å². The number of hydrogen-bond donors (Lipinski definition) is 0. The molecule has 1 saturated heterocycles. The molecule has 3 nitrogen and oxygen atoms in total. The van der Waals surface area contributed by atoms with Crippen LogP contribution in [0.5, 0.6) is 0 Å². The van der Waals surface area contributed by atoms with Crippen LogP contribution in [0.1, 0.15) is 18.5 Å². The van der Waals surface area contributed by atoms with Crippen molar-refractivity contribution in [3.8, 4) is 0 Å². The lowest BCUT2D eigenvalue weighted by atomic mass is 10.0. The number of nitrogens with zero attached hydrogens (tertiary/aromatic N) is 1. The van der Waals surface area contributed by atoms with Gasteiger partial charge in [0.25, 0.3) is 0 Å². The van der Waals surface area contributed by atoms with E-state index < -0.39 is 50.0 Å². The maximum Gasteiger partial charge on any atom is 0.249 e. The van der Waals surface area contributed by atoms with Crippen molar-refractivity contribution in [2.24, 2.45) is 0 Å². The summed E-state index contributed by atoms with van der Waals surface area (Å²) in [6.07, 6.45) is 0. The first-order valence-electron chi connectivity index (χ1n) is 7.87. The molecule has 2 aromatic carbocycles. The van der Waals surface area contributed by atoms with E-state index in [1.165, 1.54) is 11.8 Å². The fourth-order valence-electron chi connectivity index (χ4n) is 3.08. The second-order valence-corrected chi connectivity index (χ2v) is 9.26. The summed E-state index contributed by atoms with van der Waals surface area (Å²) in [6.45, 7) is 1.61. The van der Waals surface area contributed by atoms with Crippen molar-refractivity contribution in [3.63, 3.8) is 0 Å². The summed E-state index contributed by atoms with van der Waals surface area (Å²) in [6, 6.07) is 7.54. The van der Waals surface area contributed by atoms with Crippen LogP contribution in [0.4, 0.5) is 22.0 Å². The van der Waals surface area contributed by atoms with Gasteiger partial charge in [-0.3, -0.25) is 0 Å². The number of sulfonamides is 1. The van der Waals surface area contributed by atoms with Crippen LogP contribution in [0.2, 0.25) is 0 Å². The lowest BCUT2D eigenvalue weighted by molar-refractivity contribution is 0.315. The van der Waals surface area contributed by atoms with E-state index in [-0.39, 0.29) is 11.8 Å². The Hall–Kier alpha value is -1.65. The highest BCUT2D eigenvalue weighted by molar-refractivity contribution is 8.00. The summed E-state index contributed by atoms with van der Waals surface area (Å²) in [4.78, 5) is -1.82. The first kappa shape index (κ1) is 20.1. The van der Waals surface area contributed by atoms with Crippen molar-refractivity contribution in [2.45, 2.75) is 23.1 Å². The predicted octanol–water partition coefficient (Wildman–Crippen LogP) is 4.25. The molecule has 0 saturated carbocycles. The van der Waals surface area contributed by atoms with Crippen molar-refractivity contribution >= 4 is 21.8 Å². The Balaban J connectivity index is 2.19. The highest BCUT2D eigenvalue weighted by Gasteiger charge is 2.43. The first-order valence-corrected chi connectivity index (χ1v) is 10.4. The highest BCUT2D eigenvalue weighted by Crippen LogP contribution is 2.40. The fraction of sp³-hybridized carbons (Fsp3) is 0.294. The van der Waals surface area contributed by atoms with E-state index in [1.807, 2.05) is 0 Å². The van der Waals surface area contributed by atoms with E-state index in [4.69, 9.17) is 0 Å². The van der Waals surface area contributed by atoms with E-state index in [0.29, 0.717) is 11.3 Å². The van der Waals surface area contributed by atoms with Gasteiger partial charge in [0.1, 0.15) is 0 Å². The molecule has 146 valence electrons. The molecule has 2 atom stereocenters. The molecule has 0 N–H and O–H groups in total. The Morgan fingerprint density at radius 2 is 1.44 bits per heavy atom. The van der Waals surface area contributed by atoms with Gasteiger partial charge in [-0.25, -0.2) is 30.4 Å². The van der Waals surface area contributed by atoms with Gasteiger partial charge in [0, 0.05) is 17.5 Å². The van der Waals surface area contributed by atoms with Crippen LogP contribution < -0.4 is 0 Å². The van der Waals surface area contributed by atoms with Crippen LogP contribution in [0.3, 0.4) is 0 Å². The van der Waals surface area contributed by atoms with Gasteiger partial charge in [-0.1, -0.05) is 37.3 Å². The summed E-state index contributed by atoms with van der Waals surface area (Å²) in [5, 5.41) is -0.294. The molecule has 2 unspecified atom stereocenters. The average molecular weight is 423 g/mol. The van der Waals surface area contributed by atoms with E-state index in [1.54, 1.807) is 37.3 Å². The maximum atomic E-state index is 14.1. The van der Waals surface area contributed by atoms with Crippen LogP contribution in [0.15, 0.2) is 35.2 Å². The molecular weight excluding hydrogens is 409 g/mol. The van der Waals surface area contributed by atoms with E-state index in [2.05, 4.69) is 0 Å². The van der Waals surface area contributed by atoms with Crippen LogP contribution >= 0.6 is 11.8 Å². The molecule has 0 aliphatic carbocycles. The molecule has 0 amide bonds. The topological polar surface area (TPSA) is 37.4 Å². The molecule has 1 fully saturated rings. The summed E-state index contributed by atoms with van der Waals surface area (Å²) in [5.74, 6) is -11.4. The Kier molecular flexibility index (Phi) is 5.51. The van der Waals surface area contributed by atoms with Gasteiger partial charge in [0.15, 0.2) is 28.2 Å². The van der Waals surface area contributed by atoms with Crippen molar-refractivity contribution in [1.82, 2.24) is 4.31 Å². The third kappa shape index (κ3) is 3.34. The molecule has 3 rings (SSSR count). The minimum Gasteiger partial charge on any atom is -0.207 e. The molecule has 0 spiro atoms. The Labute approximate surface area is 157 Å². The zero-order valence-electron chi connectivity index (χ0n) is 13.9. The van der Waals surface area contributed by atoms with Gasteiger partial charge in [-0.05, 0) is 5.56 Å². The second-order valence-electron chi connectivity index (χ2n) is 5.95. The quantitative estimate of drug-likeness (QED) is 0.421. The molecular formula is C17H14F5NO2S2. The van der Waals surface area contributed by atoms with Crippen LogP contribution in [-0.4, -0.2) is 30.3 Å². The smallest absolute Gasteiger partial charge is 0.207 e. The molecule has 1 heterocycles. The molecule has 0 bridgehead atoms. The molecule has 1 aliphatic heterocycles. The molecule has 0 aromatic heterocycles. The van der Waals surface area contributed by atoms with Gasteiger partial charge >= 0.3 is 0 Å². The number of thioether (sulfide) groups is 1. The summed E-state index contributed by atoms with van der Waals surface area (Å²) < 4.78 is 95.4. The second kappa shape index (κ2) is 7.40. The lowest BCUT2D eigenvalue weighted by Crippen LogP contribution is -2.44. The molecule has 0 radical (unpaired) electrons. The third-order valence-electron chi connectivity index (χ3n) is 4.32. The van der Waals surface area contributed by atoms with E-state index in [9.17, 15) is 30.4 Å². The summed E-state index contributed by atoms with van der Waals surface area (Å²) in [5.41, 5.74) is 0.560. The number of benzene rings is 2. The third-order valence-corrected chi connectivity index (χ3v) is 7.43. The van der Waals surface area contributed by atoms with Gasteiger partial charge in [0.2, 0.25) is 15.8 Å². The molecule has 10 heteroatoms. The number of hydrogen-bond acceptors (Lipinski definition) is 3. The predicted molar refractivity (Wildman–Crippen MR) is 91.2 cm³/mol. The normalized spacial score (nSPS) is 21.4. The maximum absolute atomic E-state index is 14.1. The zero-order chi connectivity index (χ0) is 19.9. The number of rotatable bonds is 3. The standard InChI is InChI=1S/C17H14F5NO2S2/c1-9-16(10-5-3-2-4-6-10)23(7-8-26-9)27(24,25)17-14(21)12(19)11(18)13(20)15(17)22/h2-6,9,16H,7-8H2,1H3. The minimum atomic E-state index is -4.99. The van der Waals surface area contributed by atoms with E-state index >= 15 is 0 Å². The monoisotopic (exact) mass is 423 g/mol. The average Bonchev–Trinajstić information content (AvgIpc) is 2.65. The Morgan fingerprint density at radius 1 is 0.926 bits per heavy atom.